The Morgan fingerprint density at radius 2 is 1.81 bits per heavy atom. The minimum atomic E-state index is -0.183. The Bertz CT molecular complexity index is 1600. The zero-order chi connectivity index (χ0) is 25.4. The number of rotatable bonds is 5. The number of nitrogens with one attached hydrogen (secondary N) is 1. The molecule has 37 heavy (non-hydrogen) atoms. The summed E-state index contributed by atoms with van der Waals surface area (Å²) in [4.78, 5) is 32.0. The van der Waals surface area contributed by atoms with Crippen LogP contribution in [0.3, 0.4) is 0 Å². The average molecular weight is 492 g/mol. The fourth-order valence-corrected chi connectivity index (χ4v) is 4.73. The summed E-state index contributed by atoms with van der Waals surface area (Å²) in [5, 5.41) is 12.4. The highest BCUT2D eigenvalue weighted by molar-refractivity contribution is 6.04. The molecule has 0 bridgehead atoms. The average Bonchev–Trinajstić information content (AvgIpc) is 3.56. The Balaban J connectivity index is 1.14. The molecule has 0 unspecified atom stereocenters. The lowest BCUT2D eigenvalue weighted by atomic mass is 9.96. The third-order valence-corrected chi connectivity index (χ3v) is 6.66. The lowest BCUT2D eigenvalue weighted by molar-refractivity contribution is 0.0735. The van der Waals surface area contributed by atoms with Crippen LogP contribution in [0.15, 0.2) is 79.5 Å². The molecule has 184 valence electrons. The third kappa shape index (κ3) is 4.71. The first-order valence-electron chi connectivity index (χ1n) is 12.1. The van der Waals surface area contributed by atoms with Crippen LogP contribution in [-0.2, 0) is 26.6 Å². The van der Waals surface area contributed by atoms with Crippen molar-refractivity contribution in [2.24, 2.45) is 7.05 Å². The van der Waals surface area contributed by atoms with Crippen molar-refractivity contribution in [1.29, 1.82) is 0 Å². The number of hydrogen-bond donors (Lipinski definition) is 1. The van der Waals surface area contributed by atoms with Crippen molar-refractivity contribution in [3.8, 4) is 0 Å². The fraction of sp³-hybridized carbons (Fsp3) is 0.179. The molecule has 0 saturated heterocycles. The predicted molar refractivity (Wildman–Crippen MR) is 139 cm³/mol. The molecule has 3 heterocycles. The SMILES string of the molecule is Cn1cc2cc(C(=O)N3CCc4ccc(C(=O)Nc5ccc(Cn6cncn6)cc5)cc4C3)ccc2n1. The normalized spacial score (nSPS) is 12.9. The van der Waals surface area contributed by atoms with Crippen molar-refractivity contribution in [3.05, 3.63) is 107 Å². The topological polar surface area (TPSA) is 97.9 Å². The van der Waals surface area contributed by atoms with E-state index in [2.05, 4.69) is 20.5 Å². The molecule has 0 aliphatic carbocycles. The smallest absolute Gasteiger partial charge is 0.255 e. The minimum absolute atomic E-state index is 0.0164. The van der Waals surface area contributed by atoms with Crippen LogP contribution in [0.2, 0.25) is 0 Å². The number of benzene rings is 3. The number of nitrogens with zero attached hydrogens (tertiary/aromatic N) is 6. The van der Waals surface area contributed by atoms with E-state index in [1.165, 1.54) is 11.9 Å². The quantitative estimate of drug-likeness (QED) is 0.405. The van der Waals surface area contributed by atoms with Gasteiger partial charge in [0.15, 0.2) is 0 Å². The van der Waals surface area contributed by atoms with Gasteiger partial charge in [-0.3, -0.25) is 14.3 Å². The number of amides is 2. The summed E-state index contributed by atoms with van der Waals surface area (Å²) in [6.45, 7) is 1.73. The second-order valence-corrected chi connectivity index (χ2v) is 9.28. The molecule has 0 saturated carbocycles. The Kier molecular flexibility index (Phi) is 5.72. The monoisotopic (exact) mass is 491 g/mol. The lowest BCUT2D eigenvalue weighted by Gasteiger charge is -2.29. The van der Waals surface area contributed by atoms with Crippen molar-refractivity contribution in [1.82, 2.24) is 29.4 Å². The standard InChI is InChI=1S/C28H25N7O2/c1-33-15-24-13-22(6-9-26(24)32-33)28(37)34-11-10-20-4-5-21(12-23(20)16-34)27(36)31-25-7-2-19(3-8-25)14-35-18-29-17-30-35/h2-9,12-13,15,17-18H,10-11,14,16H2,1H3,(H,31,36). The second kappa shape index (κ2) is 9.34. The molecule has 9 heteroatoms. The molecule has 2 amide bonds. The third-order valence-electron chi connectivity index (χ3n) is 6.66. The molecule has 3 aromatic carbocycles. The van der Waals surface area contributed by atoms with E-state index in [1.54, 1.807) is 15.7 Å². The van der Waals surface area contributed by atoms with Gasteiger partial charge in [-0.2, -0.15) is 10.2 Å². The molecular weight excluding hydrogens is 466 g/mol. The van der Waals surface area contributed by atoms with E-state index < -0.39 is 0 Å². The van der Waals surface area contributed by atoms with E-state index in [0.29, 0.717) is 36.4 Å². The molecule has 0 fully saturated rings. The summed E-state index contributed by atoms with van der Waals surface area (Å²) >= 11 is 0. The van der Waals surface area contributed by atoms with Crippen LogP contribution in [0.5, 0.6) is 0 Å². The van der Waals surface area contributed by atoms with Gasteiger partial charge in [0.05, 0.1) is 12.1 Å². The first-order valence-corrected chi connectivity index (χ1v) is 12.1. The van der Waals surface area contributed by atoms with Gasteiger partial charge in [0.1, 0.15) is 12.7 Å². The molecule has 0 spiro atoms. The number of hydrogen-bond acceptors (Lipinski definition) is 5. The summed E-state index contributed by atoms with van der Waals surface area (Å²) in [5.74, 6) is -0.199. The molecular formula is C28H25N7O2. The van der Waals surface area contributed by atoms with Gasteiger partial charge in [0, 0.05) is 48.5 Å². The lowest BCUT2D eigenvalue weighted by Crippen LogP contribution is -2.36. The number of aromatic nitrogens is 5. The van der Waals surface area contributed by atoms with Crippen molar-refractivity contribution >= 4 is 28.4 Å². The fourth-order valence-electron chi connectivity index (χ4n) is 4.73. The van der Waals surface area contributed by atoms with Crippen LogP contribution in [0, 0.1) is 0 Å². The van der Waals surface area contributed by atoms with Gasteiger partial charge >= 0.3 is 0 Å². The van der Waals surface area contributed by atoms with Gasteiger partial charge < -0.3 is 10.2 Å². The molecule has 5 aromatic rings. The van der Waals surface area contributed by atoms with Gasteiger partial charge in [0.25, 0.3) is 11.8 Å². The first-order chi connectivity index (χ1) is 18.0. The zero-order valence-electron chi connectivity index (χ0n) is 20.3. The van der Waals surface area contributed by atoms with Gasteiger partial charge in [-0.1, -0.05) is 18.2 Å². The van der Waals surface area contributed by atoms with Crippen molar-refractivity contribution in [2.45, 2.75) is 19.5 Å². The van der Waals surface area contributed by atoms with Gasteiger partial charge in [-0.15, -0.1) is 0 Å². The Labute approximate surface area is 213 Å². The van der Waals surface area contributed by atoms with Crippen LogP contribution in [0.25, 0.3) is 10.9 Å². The van der Waals surface area contributed by atoms with E-state index in [0.717, 1.165) is 28.5 Å². The first kappa shape index (κ1) is 22.7. The summed E-state index contributed by atoms with van der Waals surface area (Å²) in [6.07, 6.45) is 5.83. The molecule has 0 radical (unpaired) electrons. The van der Waals surface area contributed by atoms with E-state index in [9.17, 15) is 9.59 Å². The van der Waals surface area contributed by atoms with Crippen LogP contribution in [0.4, 0.5) is 5.69 Å². The summed E-state index contributed by atoms with van der Waals surface area (Å²) < 4.78 is 3.49. The number of fused-ring (bicyclic) bond motifs is 2. The summed E-state index contributed by atoms with van der Waals surface area (Å²) in [7, 11) is 1.87. The van der Waals surface area contributed by atoms with Crippen molar-refractivity contribution in [2.75, 3.05) is 11.9 Å². The largest absolute Gasteiger partial charge is 0.334 e. The second-order valence-electron chi connectivity index (χ2n) is 9.28. The number of anilines is 1. The van der Waals surface area contributed by atoms with Crippen molar-refractivity contribution < 1.29 is 9.59 Å². The van der Waals surface area contributed by atoms with E-state index >= 15 is 0 Å². The minimum Gasteiger partial charge on any atom is -0.334 e. The Morgan fingerprint density at radius 1 is 0.973 bits per heavy atom. The molecule has 2 aromatic heterocycles. The highest BCUT2D eigenvalue weighted by Crippen LogP contribution is 2.24. The summed E-state index contributed by atoms with van der Waals surface area (Å²) in [6, 6.07) is 19.0. The summed E-state index contributed by atoms with van der Waals surface area (Å²) in [5.41, 5.74) is 6.02. The molecule has 1 aliphatic rings. The maximum Gasteiger partial charge on any atom is 0.255 e. The molecule has 1 N–H and O–H groups in total. The molecule has 9 nitrogen and oxygen atoms in total. The van der Waals surface area contributed by atoms with Crippen LogP contribution in [0.1, 0.15) is 37.4 Å². The van der Waals surface area contributed by atoms with Crippen LogP contribution >= 0.6 is 0 Å². The molecule has 6 rings (SSSR count). The Hall–Kier alpha value is -4.79. The van der Waals surface area contributed by atoms with Gasteiger partial charge in [0.2, 0.25) is 0 Å². The number of aryl methyl sites for hydroxylation is 1. The molecule has 1 aliphatic heterocycles. The highest BCUT2D eigenvalue weighted by Gasteiger charge is 2.23. The van der Waals surface area contributed by atoms with Crippen LogP contribution < -0.4 is 5.32 Å². The number of carbonyl (C=O) groups excluding carboxylic acids is 2. The van der Waals surface area contributed by atoms with Gasteiger partial charge in [-0.05, 0) is 65.6 Å². The molecule has 0 atom stereocenters. The van der Waals surface area contributed by atoms with E-state index in [1.807, 2.05) is 78.8 Å². The van der Waals surface area contributed by atoms with Crippen molar-refractivity contribution in [3.63, 3.8) is 0 Å². The van der Waals surface area contributed by atoms with Gasteiger partial charge in [-0.25, -0.2) is 9.67 Å². The van der Waals surface area contributed by atoms with E-state index in [4.69, 9.17) is 0 Å². The number of carbonyl (C=O) groups is 2. The predicted octanol–water partition coefficient (Wildman–Crippen LogP) is 3.66. The van der Waals surface area contributed by atoms with E-state index in [-0.39, 0.29) is 11.8 Å². The highest BCUT2D eigenvalue weighted by atomic mass is 16.2. The maximum absolute atomic E-state index is 13.3. The van der Waals surface area contributed by atoms with Crippen LogP contribution in [-0.4, -0.2) is 47.8 Å². The maximum atomic E-state index is 13.3. The zero-order valence-corrected chi connectivity index (χ0v) is 20.3. The Morgan fingerprint density at radius 3 is 2.62 bits per heavy atom.